The Bertz CT molecular complexity index is 735. The number of hydrogen-bond donors (Lipinski definition) is 1. The molecule has 0 radical (unpaired) electrons. The minimum atomic E-state index is -4.28. The maximum absolute atomic E-state index is 14.1. The molecule has 2 heterocycles. The van der Waals surface area contributed by atoms with Crippen LogP contribution in [0.3, 0.4) is 0 Å². The smallest absolute Gasteiger partial charge is 0.334 e. The Morgan fingerprint density at radius 3 is 2.70 bits per heavy atom. The predicted octanol–water partition coefficient (Wildman–Crippen LogP) is 3.66. The van der Waals surface area contributed by atoms with Gasteiger partial charge in [-0.1, -0.05) is 13.0 Å². The molecular formula is C16H17F4N3. The van der Waals surface area contributed by atoms with Gasteiger partial charge in [0.1, 0.15) is 11.6 Å². The lowest BCUT2D eigenvalue weighted by molar-refractivity contribution is -0.224. The molecule has 2 N–H and O–H groups in total. The quantitative estimate of drug-likeness (QED) is 0.856. The first kappa shape index (κ1) is 16.0. The first-order valence-electron chi connectivity index (χ1n) is 7.35. The SMILES string of the molecule is CC1(C(F)(F)F)CCn2cc(-c3ccc(CN)cc3F)nc2C1. The van der Waals surface area contributed by atoms with E-state index in [4.69, 9.17) is 5.73 Å². The van der Waals surface area contributed by atoms with Gasteiger partial charge in [0.25, 0.3) is 0 Å². The van der Waals surface area contributed by atoms with Gasteiger partial charge >= 0.3 is 6.18 Å². The van der Waals surface area contributed by atoms with E-state index in [9.17, 15) is 17.6 Å². The van der Waals surface area contributed by atoms with Crippen molar-refractivity contribution in [2.45, 2.75) is 39.0 Å². The average Bonchev–Trinajstić information content (AvgIpc) is 2.88. The third kappa shape index (κ3) is 2.73. The Morgan fingerprint density at radius 2 is 2.09 bits per heavy atom. The molecule has 23 heavy (non-hydrogen) atoms. The summed E-state index contributed by atoms with van der Waals surface area (Å²) < 4.78 is 55.4. The summed E-state index contributed by atoms with van der Waals surface area (Å²) in [5, 5.41) is 0. The number of nitrogens with two attached hydrogens (primary N) is 1. The van der Waals surface area contributed by atoms with Gasteiger partial charge in [0.2, 0.25) is 0 Å². The molecule has 1 unspecified atom stereocenters. The Hall–Kier alpha value is -1.89. The minimum Gasteiger partial charge on any atom is -0.334 e. The van der Waals surface area contributed by atoms with Crippen molar-refractivity contribution >= 4 is 0 Å². The highest BCUT2D eigenvalue weighted by molar-refractivity contribution is 5.60. The Balaban J connectivity index is 1.95. The molecule has 0 saturated heterocycles. The van der Waals surface area contributed by atoms with Gasteiger partial charge < -0.3 is 10.3 Å². The van der Waals surface area contributed by atoms with E-state index in [0.29, 0.717) is 17.1 Å². The van der Waals surface area contributed by atoms with Gasteiger partial charge in [-0.05, 0) is 24.1 Å². The summed E-state index contributed by atoms with van der Waals surface area (Å²) >= 11 is 0. The molecule has 0 bridgehead atoms. The van der Waals surface area contributed by atoms with Crippen molar-refractivity contribution in [3.63, 3.8) is 0 Å². The van der Waals surface area contributed by atoms with E-state index in [2.05, 4.69) is 4.98 Å². The third-order valence-electron chi connectivity index (χ3n) is 4.54. The van der Waals surface area contributed by atoms with Gasteiger partial charge in [-0.15, -0.1) is 0 Å². The predicted molar refractivity (Wildman–Crippen MR) is 78.0 cm³/mol. The van der Waals surface area contributed by atoms with E-state index in [0.717, 1.165) is 0 Å². The van der Waals surface area contributed by atoms with E-state index in [-0.39, 0.29) is 31.5 Å². The summed E-state index contributed by atoms with van der Waals surface area (Å²) in [6, 6.07) is 4.58. The van der Waals surface area contributed by atoms with Crippen LogP contribution >= 0.6 is 0 Å². The second-order valence-corrected chi connectivity index (χ2v) is 6.24. The number of rotatable bonds is 2. The molecule has 1 aromatic heterocycles. The molecule has 1 aliphatic heterocycles. The van der Waals surface area contributed by atoms with Gasteiger partial charge in [0.15, 0.2) is 0 Å². The lowest BCUT2D eigenvalue weighted by Gasteiger charge is -2.35. The van der Waals surface area contributed by atoms with Crippen molar-refractivity contribution in [3.05, 3.63) is 41.6 Å². The van der Waals surface area contributed by atoms with Crippen LogP contribution in [-0.4, -0.2) is 15.7 Å². The molecule has 0 aliphatic carbocycles. The fourth-order valence-corrected chi connectivity index (χ4v) is 2.86. The lowest BCUT2D eigenvalue weighted by Crippen LogP contribution is -2.41. The Kier molecular flexibility index (Phi) is 3.71. The van der Waals surface area contributed by atoms with Crippen LogP contribution in [-0.2, 0) is 19.5 Å². The number of hydrogen-bond acceptors (Lipinski definition) is 2. The Labute approximate surface area is 131 Å². The molecule has 3 nitrogen and oxygen atoms in total. The zero-order valence-electron chi connectivity index (χ0n) is 12.6. The van der Waals surface area contributed by atoms with E-state index < -0.39 is 17.4 Å². The minimum absolute atomic E-state index is 0.00606. The third-order valence-corrected chi connectivity index (χ3v) is 4.54. The van der Waals surface area contributed by atoms with Crippen LogP contribution < -0.4 is 5.73 Å². The first-order valence-corrected chi connectivity index (χ1v) is 7.35. The fourth-order valence-electron chi connectivity index (χ4n) is 2.86. The summed E-state index contributed by atoms with van der Waals surface area (Å²) in [5.74, 6) is -0.129. The summed E-state index contributed by atoms with van der Waals surface area (Å²) in [7, 11) is 0. The van der Waals surface area contributed by atoms with Crippen LogP contribution in [0.5, 0.6) is 0 Å². The van der Waals surface area contributed by atoms with Crippen molar-refractivity contribution in [2.24, 2.45) is 11.1 Å². The molecule has 0 amide bonds. The van der Waals surface area contributed by atoms with Gasteiger partial charge in [0, 0.05) is 31.3 Å². The number of benzene rings is 1. The van der Waals surface area contributed by atoms with Gasteiger partial charge in [-0.25, -0.2) is 9.37 Å². The van der Waals surface area contributed by atoms with Crippen LogP contribution in [0.4, 0.5) is 17.6 Å². The summed E-state index contributed by atoms with van der Waals surface area (Å²) in [6.45, 7) is 1.66. The monoisotopic (exact) mass is 327 g/mol. The van der Waals surface area contributed by atoms with Gasteiger partial charge in [0.05, 0.1) is 11.1 Å². The number of aromatic nitrogens is 2. The highest BCUT2D eigenvalue weighted by Crippen LogP contribution is 2.46. The van der Waals surface area contributed by atoms with Crippen molar-refractivity contribution < 1.29 is 17.6 Å². The summed E-state index contributed by atoms with van der Waals surface area (Å²) in [4.78, 5) is 4.24. The van der Waals surface area contributed by atoms with Crippen molar-refractivity contribution in [1.29, 1.82) is 0 Å². The van der Waals surface area contributed by atoms with E-state index in [1.54, 1.807) is 22.9 Å². The normalized spacial score (nSPS) is 21.3. The van der Waals surface area contributed by atoms with Gasteiger partial charge in [-0.2, -0.15) is 13.2 Å². The lowest BCUT2D eigenvalue weighted by atomic mass is 9.80. The van der Waals surface area contributed by atoms with Crippen molar-refractivity contribution in [3.8, 4) is 11.3 Å². The van der Waals surface area contributed by atoms with Crippen LogP contribution in [0, 0.1) is 11.2 Å². The zero-order valence-corrected chi connectivity index (χ0v) is 12.6. The molecular weight excluding hydrogens is 310 g/mol. The molecule has 0 fully saturated rings. The van der Waals surface area contributed by atoms with E-state index >= 15 is 0 Å². The number of fused-ring (bicyclic) bond motifs is 1. The molecule has 3 rings (SSSR count). The molecule has 7 heteroatoms. The van der Waals surface area contributed by atoms with Crippen molar-refractivity contribution in [1.82, 2.24) is 9.55 Å². The second-order valence-electron chi connectivity index (χ2n) is 6.24. The second kappa shape index (κ2) is 5.33. The zero-order chi connectivity index (χ0) is 16.8. The molecule has 0 saturated carbocycles. The number of alkyl halides is 3. The highest BCUT2D eigenvalue weighted by atomic mass is 19.4. The standard InChI is InChI=1S/C16H17F4N3/c1-15(16(18,19)20)4-5-23-9-13(22-14(23)7-15)11-3-2-10(8-21)6-12(11)17/h2-3,6,9H,4-5,7-8,21H2,1H3. The maximum Gasteiger partial charge on any atom is 0.394 e. The topological polar surface area (TPSA) is 43.8 Å². The van der Waals surface area contributed by atoms with Crippen LogP contribution in [0.1, 0.15) is 24.7 Å². The average molecular weight is 327 g/mol. The fraction of sp³-hybridized carbons (Fsp3) is 0.438. The highest BCUT2D eigenvalue weighted by Gasteiger charge is 2.52. The number of aryl methyl sites for hydroxylation is 1. The van der Waals surface area contributed by atoms with Crippen LogP contribution in [0.15, 0.2) is 24.4 Å². The Morgan fingerprint density at radius 1 is 1.35 bits per heavy atom. The molecule has 1 aromatic carbocycles. The number of imidazole rings is 1. The molecule has 1 atom stereocenters. The summed E-state index contributed by atoms with van der Waals surface area (Å²) in [5.41, 5.74) is 4.96. The van der Waals surface area contributed by atoms with Crippen LogP contribution in [0.25, 0.3) is 11.3 Å². The largest absolute Gasteiger partial charge is 0.394 e. The van der Waals surface area contributed by atoms with Gasteiger partial charge in [-0.3, -0.25) is 0 Å². The van der Waals surface area contributed by atoms with Crippen molar-refractivity contribution in [2.75, 3.05) is 0 Å². The maximum atomic E-state index is 14.1. The van der Waals surface area contributed by atoms with Crippen LogP contribution in [0.2, 0.25) is 0 Å². The molecule has 0 spiro atoms. The van der Waals surface area contributed by atoms with E-state index in [1.165, 1.54) is 13.0 Å². The number of halogens is 4. The molecule has 2 aromatic rings. The molecule has 1 aliphatic rings. The molecule has 124 valence electrons. The first-order chi connectivity index (χ1) is 10.7. The number of nitrogens with zero attached hydrogens (tertiary/aromatic N) is 2. The summed E-state index contributed by atoms with van der Waals surface area (Å²) in [6.07, 6.45) is -2.86. The van der Waals surface area contributed by atoms with E-state index in [1.807, 2.05) is 0 Å².